The molecule has 1 aliphatic rings. The molecule has 0 saturated heterocycles. The smallest absolute Gasteiger partial charge is 0.311 e. The summed E-state index contributed by atoms with van der Waals surface area (Å²) in [6.07, 6.45) is -1.42. The van der Waals surface area contributed by atoms with Gasteiger partial charge in [-0.25, -0.2) is 0 Å². The monoisotopic (exact) mass is 290 g/mol. The molecule has 1 aliphatic carbocycles. The second-order valence-electron chi connectivity index (χ2n) is 4.60. The van der Waals surface area contributed by atoms with E-state index in [1.54, 1.807) is 0 Å². The Bertz CT molecular complexity index is 314. The van der Waals surface area contributed by atoms with E-state index < -0.39 is 42.1 Å². The maximum absolute atomic E-state index is 11.9. The topological polar surface area (TPSA) is 80.3 Å². The Kier molecular flexibility index (Phi) is 6.38. The average molecular weight is 290 g/mol. The van der Waals surface area contributed by atoms with Gasteiger partial charge in [0, 0.05) is 21.3 Å². The Balaban J connectivity index is 3.11. The van der Waals surface area contributed by atoms with Crippen molar-refractivity contribution >= 4 is 11.9 Å². The molecule has 0 N–H and O–H groups in total. The Morgan fingerprint density at radius 2 is 1.05 bits per heavy atom. The van der Waals surface area contributed by atoms with Gasteiger partial charge in [0.2, 0.25) is 0 Å². The van der Waals surface area contributed by atoms with E-state index >= 15 is 0 Å². The van der Waals surface area contributed by atoms with Crippen molar-refractivity contribution in [3.05, 3.63) is 0 Å². The molecular formula is C13H22O7. The van der Waals surface area contributed by atoms with Crippen molar-refractivity contribution in [1.29, 1.82) is 0 Å². The SMILES string of the molecule is COC(=O)C1CC(C(=O)OC)C(OC)C(OC)C1OC. The summed E-state index contributed by atoms with van der Waals surface area (Å²) in [7, 11) is 7.05. The van der Waals surface area contributed by atoms with Crippen LogP contribution in [0.25, 0.3) is 0 Å². The van der Waals surface area contributed by atoms with Gasteiger partial charge in [-0.15, -0.1) is 0 Å². The Morgan fingerprint density at radius 1 is 0.700 bits per heavy atom. The summed E-state index contributed by atoms with van der Waals surface area (Å²) in [5.41, 5.74) is 0. The van der Waals surface area contributed by atoms with Crippen molar-refractivity contribution in [3.63, 3.8) is 0 Å². The number of esters is 2. The molecule has 1 fully saturated rings. The van der Waals surface area contributed by atoms with Crippen LogP contribution in [0, 0.1) is 11.8 Å². The van der Waals surface area contributed by atoms with Crippen LogP contribution in [0.4, 0.5) is 0 Å². The number of rotatable bonds is 5. The summed E-state index contributed by atoms with van der Waals surface area (Å²) in [5, 5.41) is 0. The minimum atomic E-state index is -0.606. The molecule has 1 saturated carbocycles. The first-order valence-corrected chi connectivity index (χ1v) is 6.29. The summed E-state index contributed by atoms with van der Waals surface area (Å²) in [6, 6.07) is 0. The van der Waals surface area contributed by atoms with E-state index in [0.717, 1.165) is 0 Å². The number of ether oxygens (including phenoxy) is 5. The van der Waals surface area contributed by atoms with E-state index in [-0.39, 0.29) is 6.42 Å². The molecule has 0 spiro atoms. The molecule has 0 aromatic carbocycles. The predicted octanol–water partition coefficient (Wildman–Crippen LogP) is 0.0135. The van der Waals surface area contributed by atoms with E-state index in [0.29, 0.717) is 0 Å². The van der Waals surface area contributed by atoms with Gasteiger partial charge in [-0.3, -0.25) is 9.59 Å². The van der Waals surface area contributed by atoms with Crippen molar-refractivity contribution in [2.75, 3.05) is 35.5 Å². The van der Waals surface area contributed by atoms with E-state index in [1.165, 1.54) is 35.5 Å². The van der Waals surface area contributed by atoms with E-state index in [1.807, 2.05) is 0 Å². The molecule has 0 aromatic rings. The molecule has 4 atom stereocenters. The first-order valence-electron chi connectivity index (χ1n) is 6.29. The molecule has 4 unspecified atom stereocenters. The lowest BCUT2D eigenvalue weighted by molar-refractivity contribution is -0.195. The number of hydrogen-bond donors (Lipinski definition) is 0. The second kappa shape index (κ2) is 7.56. The Hall–Kier alpha value is -1.18. The van der Waals surface area contributed by atoms with Gasteiger partial charge in [0.25, 0.3) is 0 Å². The lowest BCUT2D eigenvalue weighted by Gasteiger charge is -2.42. The lowest BCUT2D eigenvalue weighted by atomic mass is 9.75. The van der Waals surface area contributed by atoms with E-state index in [9.17, 15) is 9.59 Å². The van der Waals surface area contributed by atoms with Crippen LogP contribution in [-0.4, -0.2) is 65.8 Å². The molecule has 7 heteroatoms. The second-order valence-corrected chi connectivity index (χ2v) is 4.60. The van der Waals surface area contributed by atoms with E-state index in [2.05, 4.69) is 0 Å². The Labute approximate surface area is 118 Å². The van der Waals surface area contributed by atoms with Crippen LogP contribution in [0.3, 0.4) is 0 Å². The zero-order valence-electron chi connectivity index (χ0n) is 12.5. The van der Waals surface area contributed by atoms with Gasteiger partial charge in [0.05, 0.1) is 38.3 Å². The summed E-state index contributed by atoms with van der Waals surface area (Å²) in [6.45, 7) is 0. The predicted molar refractivity (Wildman–Crippen MR) is 68.0 cm³/mol. The van der Waals surface area contributed by atoms with Crippen LogP contribution in [0.2, 0.25) is 0 Å². The third-order valence-electron chi connectivity index (χ3n) is 3.77. The highest BCUT2D eigenvalue weighted by atomic mass is 16.6. The summed E-state index contributed by atoms with van der Waals surface area (Å²) < 4.78 is 25.7. The van der Waals surface area contributed by atoms with Crippen LogP contribution in [-0.2, 0) is 33.3 Å². The average Bonchev–Trinajstić information content (AvgIpc) is 2.50. The minimum Gasteiger partial charge on any atom is -0.469 e. The van der Waals surface area contributed by atoms with Crippen LogP contribution >= 0.6 is 0 Å². The molecule has 7 nitrogen and oxygen atoms in total. The van der Waals surface area contributed by atoms with Crippen LogP contribution in [0.15, 0.2) is 0 Å². The molecule has 20 heavy (non-hydrogen) atoms. The first kappa shape index (κ1) is 16.9. The number of carbonyl (C=O) groups excluding carboxylic acids is 2. The third kappa shape index (κ3) is 3.11. The normalized spacial score (nSPS) is 33.5. The van der Waals surface area contributed by atoms with Gasteiger partial charge in [-0.05, 0) is 6.42 Å². The molecule has 0 amide bonds. The van der Waals surface area contributed by atoms with Crippen molar-refractivity contribution < 1.29 is 33.3 Å². The molecule has 1 rings (SSSR count). The fourth-order valence-corrected chi connectivity index (χ4v) is 2.82. The molecule has 0 aromatic heterocycles. The van der Waals surface area contributed by atoms with Gasteiger partial charge >= 0.3 is 11.9 Å². The largest absolute Gasteiger partial charge is 0.469 e. The van der Waals surface area contributed by atoms with Gasteiger partial charge in [0.15, 0.2) is 0 Å². The Morgan fingerprint density at radius 3 is 1.30 bits per heavy atom. The highest BCUT2D eigenvalue weighted by Gasteiger charge is 2.51. The maximum Gasteiger partial charge on any atom is 0.311 e. The number of hydrogen-bond acceptors (Lipinski definition) is 7. The molecule has 0 bridgehead atoms. The quantitative estimate of drug-likeness (QED) is 0.660. The molecule has 0 heterocycles. The standard InChI is InChI=1S/C13H22O7/c1-16-9-7(12(14)19-4)6-8(13(15)20-5)10(17-2)11(9)18-3/h7-11H,6H2,1-5H3. The molecule has 116 valence electrons. The summed E-state index contributed by atoms with van der Waals surface area (Å²) in [5.74, 6) is -2.10. The zero-order valence-corrected chi connectivity index (χ0v) is 12.5. The highest BCUT2D eigenvalue weighted by Crippen LogP contribution is 2.36. The van der Waals surface area contributed by atoms with Crippen molar-refractivity contribution in [2.45, 2.75) is 24.7 Å². The molecule has 0 aliphatic heterocycles. The van der Waals surface area contributed by atoms with Gasteiger partial charge in [-0.2, -0.15) is 0 Å². The summed E-state index contributed by atoms with van der Waals surface area (Å²) in [4.78, 5) is 23.8. The van der Waals surface area contributed by atoms with Gasteiger partial charge in [0.1, 0.15) is 6.10 Å². The van der Waals surface area contributed by atoms with Crippen molar-refractivity contribution in [2.24, 2.45) is 11.8 Å². The van der Waals surface area contributed by atoms with Gasteiger partial charge in [-0.1, -0.05) is 0 Å². The lowest BCUT2D eigenvalue weighted by Crippen LogP contribution is -2.57. The first-order chi connectivity index (χ1) is 9.55. The maximum atomic E-state index is 11.9. The van der Waals surface area contributed by atoms with E-state index in [4.69, 9.17) is 23.7 Å². The highest BCUT2D eigenvalue weighted by molar-refractivity contribution is 5.77. The fraction of sp³-hybridized carbons (Fsp3) is 0.846. The van der Waals surface area contributed by atoms with Crippen LogP contribution in [0.5, 0.6) is 0 Å². The minimum absolute atomic E-state index is 0.232. The number of carbonyl (C=O) groups is 2. The fourth-order valence-electron chi connectivity index (χ4n) is 2.82. The van der Waals surface area contributed by atoms with Crippen LogP contribution < -0.4 is 0 Å². The third-order valence-corrected chi connectivity index (χ3v) is 3.77. The number of methoxy groups -OCH3 is 5. The van der Waals surface area contributed by atoms with Crippen LogP contribution in [0.1, 0.15) is 6.42 Å². The zero-order chi connectivity index (χ0) is 15.3. The van der Waals surface area contributed by atoms with Crippen molar-refractivity contribution in [1.82, 2.24) is 0 Å². The molecular weight excluding hydrogens is 268 g/mol. The molecule has 0 radical (unpaired) electrons. The summed E-state index contributed by atoms with van der Waals surface area (Å²) >= 11 is 0. The van der Waals surface area contributed by atoms with Crippen molar-refractivity contribution in [3.8, 4) is 0 Å². The van der Waals surface area contributed by atoms with Gasteiger partial charge < -0.3 is 23.7 Å².